The van der Waals surface area contributed by atoms with Gasteiger partial charge in [0, 0.05) is 87.3 Å². The van der Waals surface area contributed by atoms with Crippen LogP contribution in [0.3, 0.4) is 0 Å². The monoisotopic (exact) mass is 750 g/mol. The molecule has 0 aliphatic carbocycles. The van der Waals surface area contributed by atoms with Crippen molar-refractivity contribution >= 4 is 16.7 Å². The van der Waals surface area contributed by atoms with Gasteiger partial charge in [-0.3, -0.25) is 28.9 Å². The summed E-state index contributed by atoms with van der Waals surface area (Å²) >= 11 is 0. The minimum Gasteiger partial charge on any atom is -0.496 e. The van der Waals surface area contributed by atoms with Crippen LogP contribution in [0.25, 0.3) is 27.6 Å². The van der Waals surface area contributed by atoms with E-state index < -0.39 is 11.2 Å². The second-order valence-electron chi connectivity index (χ2n) is 14.0. The van der Waals surface area contributed by atoms with Gasteiger partial charge >= 0.3 is 5.69 Å². The van der Waals surface area contributed by atoms with Gasteiger partial charge in [-0.25, -0.2) is 4.79 Å². The number of likely N-dealkylation sites (tertiary alicyclic amines) is 2. The van der Waals surface area contributed by atoms with Crippen molar-refractivity contribution in [1.82, 2.24) is 28.9 Å². The summed E-state index contributed by atoms with van der Waals surface area (Å²) in [6.07, 6.45) is 10.9. The van der Waals surface area contributed by atoms with Crippen molar-refractivity contribution in [2.75, 3.05) is 54.1 Å². The Labute approximate surface area is 317 Å². The fourth-order valence-electron chi connectivity index (χ4n) is 7.73. The van der Waals surface area contributed by atoms with Crippen LogP contribution in [0, 0.1) is 0 Å². The predicted molar refractivity (Wildman–Crippen MR) is 208 cm³/mol. The molecule has 7 rings (SSSR count). The molecule has 5 heterocycles. The van der Waals surface area contributed by atoms with Crippen LogP contribution in [0.15, 0.2) is 81.6 Å². The number of hydrogen-bond acceptors (Lipinski definition) is 10. The maximum Gasteiger partial charge on any atom is 0.333 e. The van der Waals surface area contributed by atoms with E-state index in [-0.39, 0.29) is 23.7 Å². The molecule has 0 saturated carbocycles. The molecule has 14 nitrogen and oxygen atoms in total. The average molecular weight is 751 g/mol. The van der Waals surface area contributed by atoms with Gasteiger partial charge in [-0.15, -0.1) is 0 Å². The Morgan fingerprint density at radius 3 is 2.16 bits per heavy atom. The van der Waals surface area contributed by atoms with Crippen LogP contribution in [0.1, 0.15) is 41.6 Å². The highest BCUT2D eigenvalue weighted by molar-refractivity contribution is 5.96. The Morgan fingerprint density at radius 1 is 0.836 bits per heavy atom. The topological polar surface area (TPSA) is 150 Å². The maximum absolute atomic E-state index is 13.5. The van der Waals surface area contributed by atoms with Gasteiger partial charge in [-0.2, -0.15) is 0 Å². The van der Waals surface area contributed by atoms with Crippen molar-refractivity contribution in [1.29, 1.82) is 0 Å². The van der Waals surface area contributed by atoms with E-state index in [1.165, 1.54) is 23.9 Å². The molecule has 2 saturated heterocycles. The van der Waals surface area contributed by atoms with Gasteiger partial charge in [-0.05, 0) is 79.5 Å². The summed E-state index contributed by atoms with van der Waals surface area (Å²) in [6.45, 7) is 3.82. The smallest absolute Gasteiger partial charge is 0.333 e. The summed E-state index contributed by atoms with van der Waals surface area (Å²) < 4.78 is 26.6. The zero-order chi connectivity index (χ0) is 38.6. The first-order valence-electron chi connectivity index (χ1n) is 18.5. The number of nitrogens with one attached hydrogen (secondary N) is 1. The number of fused-ring (bicyclic) bond motifs is 1. The number of rotatable bonds is 11. The molecule has 3 aromatic heterocycles. The standard InChI is InChI=1S/C41H46N6O8/c1-44-25-33(30-7-14-42-24-32(30)40(44)50)27-22-36(53-3)31(37(23-27)54-4)12-17-45-15-8-28(9-16-45)55-29-10-18-46(19-11-29)39(49)26-5-6-35(52-2)34(21-26)47-20-13-38(48)43-41(47)51/h5-7,13-14,20-25,28-29H,8-12,15-19H2,1-4H3,(H,43,48,51). The molecule has 2 aromatic carbocycles. The van der Waals surface area contributed by atoms with Gasteiger partial charge in [0.2, 0.25) is 0 Å². The number of aryl methyl sites for hydroxylation is 1. The molecular formula is C41H46N6O8. The third-order valence-corrected chi connectivity index (χ3v) is 10.7. The second kappa shape index (κ2) is 16.3. The van der Waals surface area contributed by atoms with Crippen LogP contribution in [0.4, 0.5) is 0 Å². The first-order chi connectivity index (χ1) is 26.7. The van der Waals surface area contributed by atoms with Crippen molar-refractivity contribution in [3.05, 3.63) is 110 Å². The molecule has 0 atom stereocenters. The van der Waals surface area contributed by atoms with E-state index >= 15 is 0 Å². The van der Waals surface area contributed by atoms with E-state index in [1.807, 2.05) is 29.3 Å². The Hall–Kier alpha value is -5.73. The molecule has 1 N–H and O–H groups in total. The SMILES string of the molecule is COc1ccc(C(=O)N2CCC(OC3CCN(CCc4c(OC)cc(-c5cn(C)c(=O)c6cnccc56)cc4OC)CC3)CC2)cc1-n1ccc(=O)[nH]c1=O. The lowest BCUT2D eigenvalue weighted by atomic mass is 9.97. The lowest BCUT2D eigenvalue weighted by molar-refractivity contribution is -0.0620. The van der Waals surface area contributed by atoms with Crippen molar-refractivity contribution in [2.45, 2.75) is 44.3 Å². The summed E-state index contributed by atoms with van der Waals surface area (Å²) in [5, 5.41) is 1.38. The van der Waals surface area contributed by atoms with Crippen LogP contribution >= 0.6 is 0 Å². The first-order valence-corrected chi connectivity index (χ1v) is 18.5. The molecule has 2 aliphatic heterocycles. The van der Waals surface area contributed by atoms with E-state index in [9.17, 15) is 19.2 Å². The van der Waals surface area contributed by atoms with Crippen LogP contribution in [-0.2, 0) is 18.2 Å². The number of amides is 1. The fourth-order valence-corrected chi connectivity index (χ4v) is 7.73. The maximum atomic E-state index is 13.5. The predicted octanol–water partition coefficient (Wildman–Crippen LogP) is 3.79. The Morgan fingerprint density at radius 2 is 1.51 bits per heavy atom. The minimum absolute atomic E-state index is 0.0826. The van der Waals surface area contributed by atoms with Crippen molar-refractivity contribution in [3.8, 4) is 34.1 Å². The summed E-state index contributed by atoms with van der Waals surface area (Å²) in [5.41, 5.74) is 2.39. The van der Waals surface area contributed by atoms with Crippen LogP contribution < -0.4 is 31.0 Å². The number of hydrogen-bond donors (Lipinski definition) is 1. The van der Waals surface area contributed by atoms with Crippen molar-refractivity contribution < 1.29 is 23.7 Å². The number of nitrogens with zero attached hydrogens (tertiary/aromatic N) is 5. The quantitative estimate of drug-likeness (QED) is 0.211. The molecule has 0 bridgehead atoms. The number of ether oxygens (including phenoxy) is 4. The molecular weight excluding hydrogens is 704 g/mol. The zero-order valence-electron chi connectivity index (χ0n) is 31.6. The number of piperidine rings is 2. The number of carbonyl (C=O) groups is 1. The second-order valence-corrected chi connectivity index (χ2v) is 14.0. The normalized spacial score (nSPS) is 15.7. The molecule has 5 aromatic rings. The number of benzene rings is 2. The van der Waals surface area contributed by atoms with Crippen molar-refractivity contribution in [3.63, 3.8) is 0 Å². The first kappa shape index (κ1) is 37.6. The van der Waals surface area contributed by atoms with Gasteiger partial charge in [0.15, 0.2) is 0 Å². The molecule has 0 unspecified atom stereocenters. The van der Waals surface area contributed by atoms with E-state index in [4.69, 9.17) is 18.9 Å². The highest BCUT2D eigenvalue weighted by atomic mass is 16.5. The van der Waals surface area contributed by atoms with E-state index in [0.717, 1.165) is 85.3 Å². The average Bonchev–Trinajstić information content (AvgIpc) is 3.21. The van der Waals surface area contributed by atoms with Gasteiger partial charge in [0.05, 0.1) is 44.6 Å². The number of aromatic amines is 1. The Balaban J connectivity index is 0.924. The van der Waals surface area contributed by atoms with E-state index in [2.05, 4.69) is 14.9 Å². The van der Waals surface area contributed by atoms with E-state index in [1.54, 1.807) is 56.4 Å². The van der Waals surface area contributed by atoms with Gasteiger partial charge < -0.3 is 33.3 Å². The Bertz CT molecular complexity index is 2340. The molecule has 288 valence electrons. The summed E-state index contributed by atoms with van der Waals surface area (Å²) in [5.74, 6) is 1.76. The molecule has 55 heavy (non-hydrogen) atoms. The number of methoxy groups -OCH3 is 3. The molecule has 14 heteroatoms. The molecule has 2 fully saturated rings. The van der Waals surface area contributed by atoms with E-state index in [0.29, 0.717) is 35.5 Å². The Kier molecular flexibility index (Phi) is 11.2. The van der Waals surface area contributed by atoms with Crippen LogP contribution in [-0.4, -0.2) is 101 Å². The van der Waals surface area contributed by atoms with Crippen molar-refractivity contribution in [2.24, 2.45) is 7.05 Å². The summed E-state index contributed by atoms with van der Waals surface area (Å²) in [7, 11) is 6.57. The zero-order valence-corrected chi connectivity index (χ0v) is 31.6. The molecule has 1 amide bonds. The lowest BCUT2D eigenvalue weighted by Gasteiger charge is -2.37. The number of pyridine rings is 2. The third kappa shape index (κ3) is 7.91. The summed E-state index contributed by atoms with van der Waals surface area (Å²) in [6, 6.07) is 12.1. The number of carbonyl (C=O) groups excluding carboxylic acids is 1. The highest BCUT2D eigenvalue weighted by Crippen LogP contribution is 2.37. The number of H-pyrrole nitrogens is 1. The minimum atomic E-state index is -0.614. The molecule has 0 spiro atoms. The number of aromatic nitrogens is 4. The largest absolute Gasteiger partial charge is 0.496 e. The fraction of sp³-hybridized carbons (Fsp3) is 0.390. The molecule has 0 radical (unpaired) electrons. The van der Waals surface area contributed by atoms with Crippen LogP contribution in [0.5, 0.6) is 17.2 Å². The van der Waals surface area contributed by atoms with Gasteiger partial charge in [-0.1, -0.05) is 0 Å². The highest BCUT2D eigenvalue weighted by Gasteiger charge is 2.29. The molecule has 2 aliphatic rings. The van der Waals surface area contributed by atoms with Gasteiger partial charge in [0.1, 0.15) is 17.2 Å². The van der Waals surface area contributed by atoms with Gasteiger partial charge in [0.25, 0.3) is 17.0 Å². The lowest BCUT2D eigenvalue weighted by Crippen LogP contribution is -2.44. The van der Waals surface area contributed by atoms with Crippen LogP contribution in [0.2, 0.25) is 0 Å². The third-order valence-electron chi connectivity index (χ3n) is 10.7. The summed E-state index contributed by atoms with van der Waals surface area (Å²) in [4.78, 5) is 61.0.